The molecule has 0 unspecified atom stereocenters. The number of hydrogen-bond donors (Lipinski definition) is 0. The van der Waals surface area contributed by atoms with E-state index in [1.165, 1.54) is 4.40 Å². The van der Waals surface area contributed by atoms with Crippen LogP contribution in [0.3, 0.4) is 0 Å². The molecule has 176 valence electrons. The summed E-state index contributed by atoms with van der Waals surface area (Å²) in [6.07, 6.45) is 1.76. The summed E-state index contributed by atoms with van der Waals surface area (Å²) in [5.41, 5.74) is 2.51. The van der Waals surface area contributed by atoms with Gasteiger partial charge in [0.25, 0.3) is 5.56 Å². The average molecular weight is 475 g/mol. The Morgan fingerprint density at radius 1 is 0.833 bits per heavy atom. The molecule has 0 fully saturated rings. The first kappa shape index (κ1) is 21.7. The predicted octanol–water partition coefficient (Wildman–Crippen LogP) is 5.66. The number of benzene rings is 3. The van der Waals surface area contributed by atoms with E-state index in [1.807, 2.05) is 66.9 Å². The first-order chi connectivity index (χ1) is 17.5. The number of hydrogen-bond acceptors (Lipinski definition) is 5. The average Bonchev–Trinajstić information content (AvgIpc) is 3.28. The molecule has 0 amide bonds. The molecule has 0 bridgehead atoms. The monoisotopic (exact) mass is 474 g/mol. The van der Waals surface area contributed by atoms with Gasteiger partial charge in [0.05, 0.1) is 16.5 Å². The first-order valence-corrected chi connectivity index (χ1v) is 11.7. The van der Waals surface area contributed by atoms with E-state index in [-0.39, 0.29) is 11.6 Å². The minimum absolute atomic E-state index is 0.0161. The third kappa shape index (κ3) is 3.44. The molecule has 0 aliphatic carbocycles. The number of carbonyl (C=O) groups excluding carboxylic acids is 1. The SMILES string of the molecule is CC(C)n1cc(OC(=O)c2ccccc2)c2c1nc(-c1ccccc1)n1c(=O)c3ccccc3nc21. The summed E-state index contributed by atoms with van der Waals surface area (Å²) in [6, 6.07) is 25.6. The maximum Gasteiger partial charge on any atom is 0.343 e. The van der Waals surface area contributed by atoms with Gasteiger partial charge in [-0.2, -0.15) is 0 Å². The lowest BCUT2D eigenvalue weighted by Gasteiger charge is -2.13. The molecule has 7 heteroatoms. The molecule has 0 saturated carbocycles. The van der Waals surface area contributed by atoms with Gasteiger partial charge in [-0.1, -0.05) is 60.7 Å². The summed E-state index contributed by atoms with van der Waals surface area (Å²) in [6.45, 7) is 4.05. The number of esters is 1. The van der Waals surface area contributed by atoms with E-state index >= 15 is 0 Å². The Labute approximate surface area is 206 Å². The van der Waals surface area contributed by atoms with Crippen molar-refractivity contribution < 1.29 is 9.53 Å². The number of aromatic nitrogens is 4. The molecule has 6 rings (SSSR count). The second-order valence-electron chi connectivity index (χ2n) is 8.84. The van der Waals surface area contributed by atoms with E-state index in [9.17, 15) is 9.59 Å². The molecule has 6 aromatic rings. The van der Waals surface area contributed by atoms with Crippen molar-refractivity contribution in [1.82, 2.24) is 18.9 Å². The van der Waals surface area contributed by atoms with Crippen molar-refractivity contribution in [2.24, 2.45) is 0 Å². The van der Waals surface area contributed by atoms with Crippen molar-refractivity contribution in [3.05, 3.63) is 107 Å². The molecular formula is C29H22N4O3. The fourth-order valence-electron chi connectivity index (χ4n) is 4.45. The summed E-state index contributed by atoms with van der Waals surface area (Å²) in [4.78, 5) is 36.6. The lowest BCUT2D eigenvalue weighted by molar-refractivity contribution is 0.0736. The van der Waals surface area contributed by atoms with Gasteiger partial charge in [0.15, 0.2) is 17.2 Å². The Morgan fingerprint density at radius 2 is 1.50 bits per heavy atom. The number of nitrogens with zero attached hydrogens (tertiary/aromatic N) is 4. The highest BCUT2D eigenvalue weighted by molar-refractivity contribution is 6.02. The molecule has 0 atom stereocenters. The molecule has 0 aliphatic rings. The topological polar surface area (TPSA) is 78.5 Å². The van der Waals surface area contributed by atoms with E-state index in [0.29, 0.717) is 44.7 Å². The first-order valence-electron chi connectivity index (χ1n) is 11.7. The van der Waals surface area contributed by atoms with Gasteiger partial charge in [0.2, 0.25) is 0 Å². The predicted molar refractivity (Wildman–Crippen MR) is 139 cm³/mol. The molecule has 3 aromatic heterocycles. The fourth-order valence-corrected chi connectivity index (χ4v) is 4.45. The van der Waals surface area contributed by atoms with Gasteiger partial charge in [-0.15, -0.1) is 0 Å². The quantitative estimate of drug-likeness (QED) is 0.243. The van der Waals surface area contributed by atoms with Crippen LogP contribution in [0.2, 0.25) is 0 Å². The third-order valence-corrected chi connectivity index (χ3v) is 6.19. The standard InChI is InChI=1S/C29H22N4O3/c1-18(2)32-17-23(36-29(35)20-13-7-4-8-14-20)24-26(32)31-25(19-11-5-3-6-12-19)33-27(24)30-22-16-10-9-15-21(22)28(33)34/h3-18H,1-2H3. The van der Waals surface area contributed by atoms with Crippen LogP contribution in [0.25, 0.3) is 39.0 Å². The Balaban J connectivity index is 1.73. The Kier molecular flexibility index (Phi) is 5.11. The summed E-state index contributed by atoms with van der Waals surface area (Å²) < 4.78 is 9.35. The van der Waals surface area contributed by atoms with Crippen molar-refractivity contribution in [1.29, 1.82) is 0 Å². The zero-order valence-corrected chi connectivity index (χ0v) is 19.8. The highest BCUT2D eigenvalue weighted by atomic mass is 16.5. The highest BCUT2D eigenvalue weighted by Crippen LogP contribution is 2.35. The maximum atomic E-state index is 13.8. The van der Waals surface area contributed by atoms with Crippen LogP contribution < -0.4 is 10.3 Å². The lowest BCUT2D eigenvalue weighted by atomic mass is 10.2. The molecule has 3 aromatic carbocycles. The van der Waals surface area contributed by atoms with Gasteiger partial charge in [0, 0.05) is 17.8 Å². The van der Waals surface area contributed by atoms with Crippen molar-refractivity contribution in [3.63, 3.8) is 0 Å². The van der Waals surface area contributed by atoms with Crippen molar-refractivity contribution in [2.75, 3.05) is 0 Å². The fraction of sp³-hybridized carbons (Fsp3) is 0.103. The van der Waals surface area contributed by atoms with Crippen molar-refractivity contribution in [2.45, 2.75) is 19.9 Å². The maximum absolute atomic E-state index is 13.8. The zero-order valence-electron chi connectivity index (χ0n) is 19.8. The van der Waals surface area contributed by atoms with Crippen molar-refractivity contribution in [3.8, 4) is 17.1 Å². The molecule has 3 heterocycles. The third-order valence-electron chi connectivity index (χ3n) is 6.19. The van der Waals surface area contributed by atoms with E-state index in [2.05, 4.69) is 0 Å². The van der Waals surface area contributed by atoms with Gasteiger partial charge < -0.3 is 9.30 Å². The summed E-state index contributed by atoms with van der Waals surface area (Å²) in [5, 5.41) is 0.995. The number of rotatable bonds is 4. The van der Waals surface area contributed by atoms with Gasteiger partial charge in [-0.05, 0) is 38.1 Å². The van der Waals surface area contributed by atoms with Gasteiger partial charge in [-0.3, -0.25) is 4.79 Å². The molecular weight excluding hydrogens is 452 g/mol. The highest BCUT2D eigenvalue weighted by Gasteiger charge is 2.24. The largest absolute Gasteiger partial charge is 0.420 e. The van der Waals surface area contributed by atoms with Gasteiger partial charge >= 0.3 is 5.97 Å². The Morgan fingerprint density at radius 3 is 2.22 bits per heavy atom. The molecule has 0 radical (unpaired) electrons. The van der Waals surface area contributed by atoms with Crippen LogP contribution >= 0.6 is 0 Å². The minimum Gasteiger partial charge on any atom is -0.420 e. The molecule has 36 heavy (non-hydrogen) atoms. The molecule has 0 spiro atoms. The van der Waals surface area contributed by atoms with Crippen LogP contribution in [0.15, 0.2) is 95.9 Å². The van der Waals surface area contributed by atoms with E-state index in [0.717, 1.165) is 5.56 Å². The molecule has 0 saturated heterocycles. The Bertz CT molecular complexity index is 1820. The van der Waals surface area contributed by atoms with E-state index in [4.69, 9.17) is 14.7 Å². The number of para-hydroxylation sites is 1. The number of fused-ring (bicyclic) bond motifs is 4. The Hall–Kier alpha value is -4.78. The van der Waals surface area contributed by atoms with Crippen LogP contribution in [-0.2, 0) is 0 Å². The van der Waals surface area contributed by atoms with Crippen LogP contribution in [0.1, 0.15) is 30.2 Å². The molecule has 0 aliphatic heterocycles. The molecule has 0 N–H and O–H groups in total. The number of ether oxygens (including phenoxy) is 1. The van der Waals surface area contributed by atoms with Crippen LogP contribution in [0, 0.1) is 0 Å². The van der Waals surface area contributed by atoms with Gasteiger partial charge in [0.1, 0.15) is 11.0 Å². The normalized spacial score (nSPS) is 11.5. The van der Waals surface area contributed by atoms with E-state index < -0.39 is 5.97 Å². The second-order valence-corrected chi connectivity index (χ2v) is 8.84. The van der Waals surface area contributed by atoms with Crippen LogP contribution in [-0.4, -0.2) is 24.9 Å². The summed E-state index contributed by atoms with van der Waals surface area (Å²) in [5.74, 6) is 0.286. The van der Waals surface area contributed by atoms with Crippen LogP contribution in [0.4, 0.5) is 0 Å². The van der Waals surface area contributed by atoms with Gasteiger partial charge in [-0.25, -0.2) is 19.2 Å². The number of carbonyl (C=O) groups is 1. The summed E-state index contributed by atoms with van der Waals surface area (Å²) >= 11 is 0. The second kappa shape index (κ2) is 8.46. The smallest absolute Gasteiger partial charge is 0.343 e. The van der Waals surface area contributed by atoms with Crippen molar-refractivity contribution >= 4 is 33.6 Å². The lowest BCUT2D eigenvalue weighted by Crippen LogP contribution is -2.19. The molecule has 7 nitrogen and oxygen atoms in total. The van der Waals surface area contributed by atoms with E-state index in [1.54, 1.807) is 42.6 Å². The zero-order chi connectivity index (χ0) is 24.8. The summed E-state index contributed by atoms with van der Waals surface area (Å²) in [7, 11) is 0. The minimum atomic E-state index is -0.494. The van der Waals surface area contributed by atoms with Crippen LogP contribution in [0.5, 0.6) is 5.75 Å².